The summed E-state index contributed by atoms with van der Waals surface area (Å²) in [6, 6.07) is 0. The number of carboxylic acid groups (broad SMARTS) is 1. The van der Waals surface area contributed by atoms with E-state index in [-0.39, 0.29) is 11.8 Å². The van der Waals surface area contributed by atoms with E-state index in [1.165, 1.54) is 18.6 Å². The number of likely N-dealkylation sites (tertiary alicyclic amines) is 1. The zero-order chi connectivity index (χ0) is 14.8. The fourth-order valence-corrected chi connectivity index (χ4v) is 2.50. The van der Waals surface area contributed by atoms with Gasteiger partial charge in [0.15, 0.2) is 0 Å². The average Bonchev–Trinajstić information content (AvgIpc) is 2.47. The number of hydrogen-bond acceptors (Lipinski definition) is 4. The maximum Gasteiger partial charge on any atom is 0.309 e. The number of rotatable bonds is 3. The molecule has 108 valence electrons. The Hall–Kier alpha value is -1.98. The molecule has 0 radical (unpaired) electrons. The third-order valence-electron chi connectivity index (χ3n) is 4.06. The topological polar surface area (TPSA) is 83.4 Å². The van der Waals surface area contributed by atoms with Gasteiger partial charge in [0.2, 0.25) is 0 Å². The first-order valence-electron chi connectivity index (χ1n) is 6.71. The predicted molar refractivity (Wildman–Crippen MR) is 72.1 cm³/mol. The van der Waals surface area contributed by atoms with Crippen LogP contribution in [0, 0.1) is 11.3 Å². The Morgan fingerprint density at radius 3 is 2.75 bits per heavy atom. The summed E-state index contributed by atoms with van der Waals surface area (Å²) < 4.78 is 0. The van der Waals surface area contributed by atoms with Crippen molar-refractivity contribution in [2.45, 2.75) is 26.7 Å². The fraction of sp³-hybridized carbons (Fsp3) is 0.571. The number of nitrogens with zero attached hydrogens (tertiary/aromatic N) is 3. The second-order valence-corrected chi connectivity index (χ2v) is 5.71. The Labute approximate surface area is 117 Å². The third-order valence-corrected chi connectivity index (χ3v) is 4.06. The van der Waals surface area contributed by atoms with Crippen LogP contribution in [0.3, 0.4) is 0 Å². The second-order valence-electron chi connectivity index (χ2n) is 5.71. The molecule has 1 unspecified atom stereocenters. The minimum absolute atomic E-state index is 0.0469. The largest absolute Gasteiger partial charge is 0.481 e. The molecular weight excluding hydrogens is 258 g/mol. The number of carbonyl (C=O) groups is 2. The highest BCUT2D eigenvalue weighted by molar-refractivity contribution is 5.92. The first-order chi connectivity index (χ1) is 9.43. The number of amides is 1. The molecule has 1 aromatic heterocycles. The zero-order valence-corrected chi connectivity index (χ0v) is 11.7. The Morgan fingerprint density at radius 2 is 2.15 bits per heavy atom. The van der Waals surface area contributed by atoms with Gasteiger partial charge in [-0.3, -0.25) is 14.6 Å². The molecule has 0 saturated carbocycles. The minimum Gasteiger partial charge on any atom is -0.481 e. The molecule has 1 amide bonds. The molecule has 1 saturated heterocycles. The number of carboxylic acids is 1. The van der Waals surface area contributed by atoms with Gasteiger partial charge in [0.1, 0.15) is 5.69 Å². The maximum absolute atomic E-state index is 12.3. The van der Waals surface area contributed by atoms with Crippen LogP contribution in [0.2, 0.25) is 0 Å². The van der Waals surface area contributed by atoms with Crippen LogP contribution in [-0.2, 0) is 4.79 Å². The molecule has 2 rings (SSSR count). The van der Waals surface area contributed by atoms with E-state index in [2.05, 4.69) is 9.97 Å². The lowest BCUT2D eigenvalue weighted by Gasteiger charge is -2.39. The van der Waals surface area contributed by atoms with Gasteiger partial charge in [0, 0.05) is 25.5 Å². The fourth-order valence-electron chi connectivity index (χ4n) is 2.50. The third kappa shape index (κ3) is 2.79. The normalized spacial score (nSPS) is 19.7. The van der Waals surface area contributed by atoms with Gasteiger partial charge in [-0.05, 0) is 32.6 Å². The van der Waals surface area contributed by atoms with Crippen LogP contribution in [-0.4, -0.2) is 44.9 Å². The van der Waals surface area contributed by atoms with Gasteiger partial charge >= 0.3 is 5.97 Å². The zero-order valence-electron chi connectivity index (χ0n) is 11.7. The Balaban J connectivity index is 2.11. The first kappa shape index (κ1) is 14.4. The van der Waals surface area contributed by atoms with Gasteiger partial charge in [0.25, 0.3) is 5.91 Å². The highest BCUT2D eigenvalue weighted by Crippen LogP contribution is 2.34. The summed E-state index contributed by atoms with van der Waals surface area (Å²) in [5.41, 5.74) is -0.525. The van der Waals surface area contributed by atoms with E-state index in [1.807, 2.05) is 0 Å². The standard InChI is InChI=1S/C14H19N3O3/c1-14(2,13(19)20)10-4-3-7-17(9-10)12(18)11-8-15-5-6-16-11/h5-6,8,10H,3-4,7,9H2,1-2H3,(H,19,20). The number of aromatic nitrogens is 2. The van der Waals surface area contributed by atoms with Crippen molar-refractivity contribution in [1.82, 2.24) is 14.9 Å². The quantitative estimate of drug-likeness (QED) is 0.903. The van der Waals surface area contributed by atoms with Crippen LogP contribution in [0.25, 0.3) is 0 Å². The minimum atomic E-state index is -0.832. The van der Waals surface area contributed by atoms with Crippen molar-refractivity contribution in [3.8, 4) is 0 Å². The average molecular weight is 277 g/mol. The van der Waals surface area contributed by atoms with Gasteiger partial charge in [-0.1, -0.05) is 0 Å². The molecule has 1 fully saturated rings. The molecule has 20 heavy (non-hydrogen) atoms. The van der Waals surface area contributed by atoms with Gasteiger partial charge in [0.05, 0.1) is 11.6 Å². The molecule has 1 N–H and O–H groups in total. The number of hydrogen-bond donors (Lipinski definition) is 1. The summed E-state index contributed by atoms with van der Waals surface area (Å²) in [6.45, 7) is 4.53. The van der Waals surface area contributed by atoms with Crippen LogP contribution in [0.15, 0.2) is 18.6 Å². The molecule has 0 aromatic carbocycles. The van der Waals surface area contributed by atoms with E-state index in [1.54, 1.807) is 18.7 Å². The molecule has 1 aromatic rings. The van der Waals surface area contributed by atoms with E-state index in [0.29, 0.717) is 18.8 Å². The summed E-state index contributed by atoms with van der Waals surface area (Å²) in [5, 5.41) is 9.31. The lowest BCUT2D eigenvalue weighted by molar-refractivity contribution is -0.151. The van der Waals surface area contributed by atoms with E-state index >= 15 is 0 Å². The lowest BCUT2D eigenvalue weighted by Crippen LogP contribution is -2.47. The van der Waals surface area contributed by atoms with Crippen LogP contribution in [0.5, 0.6) is 0 Å². The van der Waals surface area contributed by atoms with Crippen molar-refractivity contribution in [3.05, 3.63) is 24.3 Å². The molecule has 6 heteroatoms. The second kappa shape index (κ2) is 5.56. The summed E-state index contributed by atoms with van der Waals surface area (Å²) in [4.78, 5) is 33.2. The molecular formula is C14H19N3O3. The monoisotopic (exact) mass is 277 g/mol. The molecule has 0 spiro atoms. The summed E-state index contributed by atoms with van der Waals surface area (Å²) in [6.07, 6.45) is 6.07. The van der Waals surface area contributed by atoms with Crippen LogP contribution in [0.4, 0.5) is 0 Å². The van der Waals surface area contributed by atoms with Crippen molar-refractivity contribution < 1.29 is 14.7 Å². The number of carbonyl (C=O) groups excluding carboxylic acids is 1. The van der Waals surface area contributed by atoms with Gasteiger partial charge in [-0.25, -0.2) is 4.98 Å². The van der Waals surface area contributed by atoms with E-state index in [9.17, 15) is 14.7 Å². The molecule has 0 bridgehead atoms. The molecule has 0 aliphatic carbocycles. The predicted octanol–water partition coefficient (Wildman–Crippen LogP) is 1.44. The van der Waals surface area contributed by atoms with Gasteiger partial charge in [-0.2, -0.15) is 0 Å². The van der Waals surface area contributed by atoms with Crippen molar-refractivity contribution >= 4 is 11.9 Å². The summed E-state index contributed by atoms with van der Waals surface area (Å²) in [7, 11) is 0. The Kier molecular flexibility index (Phi) is 4.01. The smallest absolute Gasteiger partial charge is 0.309 e. The Bertz CT molecular complexity index is 502. The van der Waals surface area contributed by atoms with Crippen molar-refractivity contribution in [2.75, 3.05) is 13.1 Å². The molecule has 1 aliphatic rings. The molecule has 2 heterocycles. The van der Waals surface area contributed by atoms with Crippen molar-refractivity contribution in [1.29, 1.82) is 0 Å². The summed E-state index contributed by atoms with van der Waals surface area (Å²) in [5.74, 6) is -1.05. The van der Waals surface area contributed by atoms with Crippen LogP contribution in [0.1, 0.15) is 37.2 Å². The van der Waals surface area contributed by atoms with E-state index < -0.39 is 11.4 Å². The SMILES string of the molecule is CC(C)(C(=O)O)C1CCCN(C(=O)c2cnccn2)C1. The number of aliphatic carboxylic acids is 1. The Morgan fingerprint density at radius 1 is 1.40 bits per heavy atom. The summed E-state index contributed by atoms with van der Waals surface area (Å²) >= 11 is 0. The molecule has 1 atom stereocenters. The van der Waals surface area contributed by atoms with E-state index in [0.717, 1.165) is 12.8 Å². The van der Waals surface area contributed by atoms with Gasteiger partial charge in [-0.15, -0.1) is 0 Å². The maximum atomic E-state index is 12.3. The molecule has 1 aliphatic heterocycles. The highest BCUT2D eigenvalue weighted by Gasteiger charge is 2.40. The van der Waals surface area contributed by atoms with Crippen LogP contribution >= 0.6 is 0 Å². The first-order valence-corrected chi connectivity index (χ1v) is 6.71. The number of piperidine rings is 1. The van der Waals surface area contributed by atoms with Crippen molar-refractivity contribution in [3.63, 3.8) is 0 Å². The van der Waals surface area contributed by atoms with Gasteiger partial charge < -0.3 is 10.0 Å². The van der Waals surface area contributed by atoms with E-state index in [4.69, 9.17) is 0 Å². The molecule has 6 nitrogen and oxygen atoms in total. The highest BCUT2D eigenvalue weighted by atomic mass is 16.4. The van der Waals surface area contributed by atoms with Crippen LogP contribution < -0.4 is 0 Å². The lowest BCUT2D eigenvalue weighted by atomic mass is 9.74. The van der Waals surface area contributed by atoms with Crippen molar-refractivity contribution in [2.24, 2.45) is 11.3 Å².